The third-order valence-corrected chi connectivity index (χ3v) is 5.68. The highest BCUT2D eigenvalue weighted by atomic mass is 35.5. The van der Waals surface area contributed by atoms with Crippen molar-refractivity contribution in [1.82, 2.24) is 19.9 Å². The van der Waals surface area contributed by atoms with Gasteiger partial charge in [0.1, 0.15) is 5.82 Å². The molecule has 0 saturated carbocycles. The lowest BCUT2D eigenvalue weighted by Crippen LogP contribution is -2.32. The second kappa shape index (κ2) is 6.91. The molecule has 1 atom stereocenters. The number of imidazole rings is 1. The zero-order chi connectivity index (χ0) is 19.1. The van der Waals surface area contributed by atoms with Gasteiger partial charge in [-0.1, -0.05) is 35.9 Å². The van der Waals surface area contributed by atoms with Crippen LogP contribution in [-0.2, 0) is 11.2 Å². The number of aromatic nitrogens is 3. The first-order valence-corrected chi connectivity index (χ1v) is 9.83. The molecular formula is C22H19ClN4O. The standard InChI is InChI=1S/C22H19ClN4O/c23-16-7-8-18-19(11-16)26-22(25-18)20-6-3-9-27(20)21(28)10-15-13-24-12-14-4-1-2-5-17(14)15/h1-2,4-5,7-8,11-13,20H,3,6,9-10H2,(H,25,26). The van der Waals surface area contributed by atoms with Gasteiger partial charge in [-0.05, 0) is 42.0 Å². The van der Waals surface area contributed by atoms with Crippen LogP contribution >= 0.6 is 11.6 Å². The summed E-state index contributed by atoms with van der Waals surface area (Å²) >= 11 is 6.09. The number of nitrogens with zero attached hydrogens (tertiary/aromatic N) is 3. The van der Waals surface area contributed by atoms with Crippen LogP contribution in [-0.4, -0.2) is 32.3 Å². The maximum atomic E-state index is 13.1. The lowest BCUT2D eigenvalue weighted by molar-refractivity contribution is -0.131. The molecule has 5 rings (SSSR count). The van der Waals surface area contributed by atoms with Crippen molar-refractivity contribution in [3.8, 4) is 0 Å². The third kappa shape index (κ3) is 3.02. The van der Waals surface area contributed by atoms with E-state index in [1.54, 1.807) is 6.20 Å². The average Bonchev–Trinajstić information content (AvgIpc) is 3.34. The van der Waals surface area contributed by atoms with Crippen LogP contribution in [0.4, 0.5) is 0 Å². The maximum Gasteiger partial charge on any atom is 0.227 e. The van der Waals surface area contributed by atoms with Gasteiger partial charge in [0, 0.05) is 29.3 Å². The number of aromatic amines is 1. The number of hydrogen-bond donors (Lipinski definition) is 1. The Hall–Kier alpha value is -2.92. The first-order valence-electron chi connectivity index (χ1n) is 9.45. The highest BCUT2D eigenvalue weighted by Gasteiger charge is 2.32. The minimum Gasteiger partial charge on any atom is -0.340 e. The van der Waals surface area contributed by atoms with E-state index < -0.39 is 0 Å². The largest absolute Gasteiger partial charge is 0.340 e. The second-order valence-electron chi connectivity index (χ2n) is 7.23. The number of nitrogens with one attached hydrogen (secondary N) is 1. The van der Waals surface area contributed by atoms with E-state index in [4.69, 9.17) is 16.6 Å². The van der Waals surface area contributed by atoms with Crippen LogP contribution in [0.25, 0.3) is 21.8 Å². The molecule has 0 aliphatic carbocycles. The maximum absolute atomic E-state index is 13.1. The molecule has 2 aromatic heterocycles. The molecule has 2 aromatic carbocycles. The van der Waals surface area contributed by atoms with Crippen LogP contribution in [0.3, 0.4) is 0 Å². The minimum absolute atomic E-state index is 0.0263. The zero-order valence-corrected chi connectivity index (χ0v) is 16.0. The fourth-order valence-electron chi connectivity index (χ4n) is 4.09. The normalized spacial score (nSPS) is 16.9. The molecule has 0 bridgehead atoms. The topological polar surface area (TPSA) is 61.9 Å². The lowest BCUT2D eigenvalue weighted by atomic mass is 10.0. The number of halogens is 1. The number of likely N-dealkylation sites (tertiary alicyclic amines) is 1. The molecule has 1 N–H and O–H groups in total. The number of hydrogen-bond acceptors (Lipinski definition) is 3. The lowest BCUT2D eigenvalue weighted by Gasteiger charge is -2.23. The molecule has 0 radical (unpaired) electrons. The number of rotatable bonds is 3. The highest BCUT2D eigenvalue weighted by Crippen LogP contribution is 2.32. The van der Waals surface area contributed by atoms with Crippen molar-refractivity contribution in [2.75, 3.05) is 6.54 Å². The van der Waals surface area contributed by atoms with Gasteiger partial charge in [-0.25, -0.2) is 4.98 Å². The smallest absolute Gasteiger partial charge is 0.227 e. The van der Waals surface area contributed by atoms with Gasteiger partial charge in [-0.15, -0.1) is 0 Å². The zero-order valence-electron chi connectivity index (χ0n) is 15.2. The Bertz CT molecular complexity index is 1180. The number of H-pyrrole nitrogens is 1. The number of carbonyl (C=O) groups is 1. The monoisotopic (exact) mass is 390 g/mol. The van der Waals surface area contributed by atoms with Crippen molar-refractivity contribution in [2.24, 2.45) is 0 Å². The molecule has 1 unspecified atom stereocenters. The van der Waals surface area contributed by atoms with Crippen molar-refractivity contribution in [2.45, 2.75) is 25.3 Å². The predicted octanol–water partition coefficient (Wildman–Crippen LogP) is 4.67. The molecule has 6 heteroatoms. The molecule has 140 valence electrons. The van der Waals surface area contributed by atoms with E-state index >= 15 is 0 Å². The van der Waals surface area contributed by atoms with Crippen molar-refractivity contribution in [3.05, 3.63) is 71.3 Å². The van der Waals surface area contributed by atoms with Gasteiger partial charge in [-0.3, -0.25) is 9.78 Å². The molecule has 4 aromatic rings. The molecule has 1 aliphatic rings. The highest BCUT2D eigenvalue weighted by molar-refractivity contribution is 6.31. The van der Waals surface area contributed by atoms with Gasteiger partial charge in [0.25, 0.3) is 0 Å². The van der Waals surface area contributed by atoms with Crippen LogP contribution in [0, 0.1) is 0 Å². The summed E-state index contributed by atoms with van der Waals surface area (Å²) in [7, 11) is 0. The number of amides is 1. The van der Waals surface area contributed by atoms with Gasteiger partial charge in [-0.2, -0.15) is 0 Å². The summed E-state index contributed by atoms with van der Waals surface area (Å²) < 4.78 is 0. The number of pyridine rings is 1. The van der Waals surface area contributed by atoms with E-state index in [9.17, 15) is 4.79 Å². The summed E-state index contributed by atoms with van der Waals surface area (Å²) in [6, 6.07) is 13.6. The van der Waals surface area contributed by atoms with Crippen LogP contribution < -0.4 is 0 Å². The predicted molar refractivity (Wildman–Crippen MR) is 110 cm³/mol. The Balaban J connectivity index is 1.43. The minimum atomic E-state index is -0.0263. The van der Waals surface area contributed by atoms with E-state index in [2.05, 4.69) is 9.97 Å². The van der Waals surface area contributed by atoms with Gasteiger partial charge in [0.05, 0.1) is 23.5 Å². The Labute approximate surface area is 167 Å². The van der Waals surface area contributed by atoms with E-state index in [1.807, 2.05) is 53.6 Å². The van der Waals surface area contributed by atoms with Gasteiger partial charge in [0.15, 0.2) is 0 Å². The Morgan fingerprint density at radius 1 is 1.21 bits per heavy atom. The van der Waals surface area contributed by atoms with Crippen LogP contribution in [0.15, 0.2) is 54.9 Å². The summed E-state index contributed by atoms with van der Waals surface area (Å²) in [6.07, 6.45) is 5.86. The van der Waals surface area contributed by atoms with Crippen LogP contribution in [0.1, 0.15) is 30.3 Å². The summed E-state index contributed by atoms with van der Waals surface area (Å²) in [6.45, 7) is 0.750. The van der Waals surface area contributed by atoms with Crippen molar-refractivity contribution in [1.29, 1.82) is 0 Å². The SMILES string of the molecule is O=C(Cc1cncc2ccccc12)N1CCCC1c1nc2ccc(Cl)cc2[nH]1. The molecule has 1 fully saturated rings. The van der Waals surface area contributed by atoms with E-state index in [-0.39, 0.29) is 11.9 Å². The van der Waals surface area contributed by atoms with E-state index in [0.29, 0.717) is 11.4 Å². The average molecular weight is 391 g/mol. The first kappa shape index (κ1) is 17.2. The molecule has 1 aliphatic heterocycles. The number of carbonyl (C=O) groups excluding carboxylic acids is 1. The van der Waals surface area contributed by atoms with E-state index in [0.717, 1.165) is 52.6 Å². The molecule has 28 heavy (non-hydrogen) atoms. The van der Waals surface area contributed by atoms with Crippen LogP contribution in [0.2, 0.25) is 5.02 Å². The quantitative estimate of drug-likeness (QED) is 0.553. The first-order chi connectivity index (χ1) is 13.7. The third-order valence-electron chi connectivity index (χ3n) is 5.44. The summed E-state index contributed by atoms with van der Waals surface area (Å²) in [5.74, 6) is 0.943. The molecular weight excluding hydrogens is 372 g/mol. The summed E-state index contributed by atoms with van der Waals surface area (Å²) in [5.41, 5.74) is 2.74. The molecule has 1 saturated heterocycles. The van der Waals surface area contributed by atoms with Gasteiger partial charge >= 0.3 is 0 Å². The molecule has 3 heterocycles. The van der Waals surface area contributed by atoms with Crippen molar-refractivity contribution >= 4 is 39.3 Å². The van der Waals surface area contributed by atoms with Gasteiger partial charge in [0.2, 0.25) is 5.91 Å². The fraction of sp³-hybridized carbons (Fsp3) is 0.227. The Kier molecular flexibility index (Phi) is 4.24. The summed E-state index contributed by atoms with van der Waals surface area (Å²) in [4.78, 5) is 27.5. The molecule has 1 amide bonds. The second-order valence-corrected chi connectivity index (χ2v) is 7.66. The molecule has 0 spiro atoms. The fourth-order valence-corrected chi connectivity index (χ4v) is 4.27. The number of benzene rings is 2. The van der Waals surface area contributed by atoms with Crippen molar-refractivity contribution < 1.29 is 4.79 Å². The van der Waals surface area contributed by atoms with Crippen LogP contribution in [0.5, 0.6) is 0 Å². The Morgan fingerprint density at radius 3 is 3.04 bits per heavy atom. The van der Waals surface area contributed by atoms with E-state index in [1.165, 1.54) is 0 Å². The molecule has 5 nitrogen and oxygen atoms in total. The number of fused-ring (bicyclic) bond motifs is 2. The van der Waals surface area contributed by atoms with Gasteiger partial charge < -0.3 is 9.88 Å². The summed E-state index contributed by atoms with van der Waals surface area (Å²) in [5, 5.41) is 2.81. The van der Waals surface area contributed by atoms with Crippen molar-refractivity contribution in [3.63, 3.8) is 0 Å². The Morgan fingerprint density at radius 2 is 2.11 bits per heavy atom.